The van der Waals surface area contributed by atoms with Gasteiger partial charge in [0.05, 0.1) is 22.1 Å². The van der Waals surface area contributed by atoms with Gasteiger partial charge in [0.25, 0.3) is 5.91 Å². The monoisotopic (exact) mass is 554 g/mol. The molecule has 1 aliphatic rings. The van der Waals surface area contributed by atoms with Crippen molar-refractivity contribution in [2.24, 2.45) is 0 Å². The molecule has 0 spiro atoms. The van der Waals surface area contributed by atoms with Crippen LogP contribution in [-0.4, -0.2) is 18.5 Å². The van der Waals surface area contributed by atoms with E-state index in [4.69, 9.17) is 32.7 Å². The van der Waals surface area contributed by atoms with Crippen LogP contribution in [0.25, 0.3) is 6.08 Å². The third-order valence-electron chi connectivity index (χ3n) is 5.79. The smallest absolute Gasteiger partial charge is 0.260 e. The molecule has 0 aliphatic carbocycles. The Morgan fingerprint density at radius 2 is 1.84 bits per heavy atom. The SMILES string of the molecule is C=CCc1cc(/C=C2\S[C@H](Nc3ccc(CC)cc3)NC2=O)cc(OC)c1OCc1ccc(Cl)c(Cl)c1. The fraction of sp³-hybridized carbons (Fsp3) is 0.207. The van der Waals surface area contributed by atoms with Gasteiger partial charge >= 0.3 is 0 Å². The number of methoxy groups -OCH3 is 1. The molecule has 0 radical (unpaired) electrons. The zero-order valence-corrected chi connectivity index (χ0v) is 23.0. The highest BCUT2D eigenvalue weighted by Gasteiger charge is 2.27. The van der Waals surface area contributed by atoms with Gasteiger partial charge in [-0.1, -0.05) is 66.2 Å². The average Bonchev–Trinajstić information content (AvgIpc) is 3.23. The molecule has 0 saturated carbocycles. The summed E-state index contributed by atoms with van der Waals surface area (Å²) in [6, 6.07) is 17.4. The van der Waals surface area contributed by atoms with Crippen molar-refractivity contribution >= 4 is 52.6 Å². The first kappa shape index (κ1) is 27.0. The molecular weight excluding hydrogens is 527 g/mol. The Bertz CT molecular complexity index is 1330. The molecule has 0 aromatic heterocycles. The molecule has 1 aliphatic heterocycles. The highest BCUT2D eigenvalue weighted by Crippen LogP contribution is 2.37. The van der Waals surface area contributed by atoms with E-state index in [1.54, 1.807) is 25.3 Å². The lowest BCUT2D eigenvalue weighted by Gasteiger charge is -2.16. The minimum Gasteiger partial charge on any atom is -0.493 e. The summed E-state index contributed by atoms with van der Waals surface area (Å²) in [6.45, 7) is 6.29. The van der Waals surface area contributed by atoms with Gasteiger partial charge in [0.2, 0.25) is 0 Å². The summed E-state index contributed by atoms with van der Waals surface area (Å²) >= 11 is 13.6. The molecule has 4 rings (SSSR count). The average molecular weight is 556 g/mol. The lowest BCUT2D eigenvalue weighted by molar-refractivity contribution is -0.116. The molecule has 1 atom stereocenters. The first-order valence-corrected chi connectivity index (χ1v) is 13.5. The highest BCUT2D eigenvalue weighted by molar-refractivity contribution is 8.05. The molecule has 5 nitrogen and oxygen atoms in total. The Labute approximate surface area is 231 Å². The van der Waals surface area contributed by atoms with E-state index in [-0.39, 0.29) is 11.4 Å². The lowest BCUT2D eigenvalue weighted by Crippen LogP contribution is -2.30. The van der Waals surface area contributed by atoms with Crippen molar-refractivity contribution in [2.75, 3.05) is 12.4 Å². The third kappa shape index (κ3) is 6.83. The van der Waals surface area contributed by atoms with Crippen LogP contribution in [0, 0.1) is 0 Å². The van der Waals surface area contributed by atoms with E-state index in [0.29, 0.717) is 39.5 Å². The molecule has 0 unspecified atom stereocenters. The molecule has 3 aromatic carbocycles. The second-order valence-corrected chi connectivity index (χ2v) is 10.4. The van der Waals surface area contributed by atoms with Gasteiger partial charge in [0.15, 0.2) is 17.0 Å². The first-order chi connectivity index (χ1) is 17.9. The molecule has 0 bridgehead atoms. The van der Waals surface area contributed by atoms with E-state index in [2.05, 4.69) is 36.3 Å². The maximum absolute atomic E-state index is 12.7. The van der Waals surface area contributed by atoms with Crippen LogP contribution in [0.2, 0.25) is 10.0 Å². The maximum atomic E-state index is 12.7. The first-order valence-electron chi connectivity index (χ1n) is 11.8. The Kier molecular flexibility index (Phi) is 9.09. The van der Waals surface area contributed by atoms with Crippen LogP contribution in [0.1, 0.15) is 29.2 Å². The van der Waals surface area contributed by atoms with E-state index < -0.39 is 0 Å². The fourth-order valence-electron chi connectivity index (χ4n) is 3.88. The van der Waals surface area contributed by atoms with Crippen molar-refractivity contribution in [2.45, 2.75) is 31.9 Å². The number of amides is 1. The van der Waals surface area contributed by atoms with Crippen LogP contribution in [0.5, 0.6) is 11.5 Å². The highest BCUT2D eigenvalue weighted by atomic mass is 35.5. The van der Waals surface area contributed by atoms with Gasteiger partial charge in [-0.25, -0.2) is 0 Å². The number of thioether (sulfide) groups is 1. The molecule has 3 aromatic rings. The van der Waals surface area contributed by atoms with Gasteiger partial charge < -0.3 is 20.1 Å². The molecule has 1 fully saturated rings. The predicted octanol–water partition coefficient (Wildman–Crippen LogP) is 7.47. The van der Waals surface area contributed by atoms with Crippen molar-refractivity contribution in [3.63, 3.8) is 0 Å². The number of nitrogens with one attached hydrogen (secondary N) is 2. The van der Waals surface area contributed by atoms with E-state index in [1.165, 1.54) is 17.3 Å². The van der Waals surface area contributed by atoms with Crippen LogP contribution in [0.15, 0.2) is 72.2 Å². The van der Waals surface area contributed by atoms with Gasteiger partial charge in [0, 0.05) is 11.3 Å². The number of benzene rings is 3. The fourth-order valence-corrected chi connectivity index (χ4v) is 5.18. The van der Waals surface area contributed by atoms with Crippen molar-refractivity contribution in [3.8, 4) is 11.5 Å². The minimum absolute atomic E-state index is 0.128. The van der Waals surface area contributed by atoms with E-state index in [9.17, 15) is 4.79 Å². The largest absolute Gasteiger partial charge is 0.493 e. The molecule has 8 heteroatoms. The molecule has 1 saturated heterocycles. The topological polar surface area (TPSA) is 59.6 Å². The zero-order chi connectivity index (χ0) is 26.4. The zero-order valence-electron chi connectivity index (χ0n) is 20.6. The number of carbonyl (C=O) groups excluding carboxylic acids is 1. The Morgan fingerprint density at radius 1 is 1.08 bits per heavy atom. The number of hydrogen-bond acceptors (Lipinski definition) is 5. The Morgan fingerprint density at radius 3 is 2.51 bits per heavy atom. The second kappa shape index (κ2) is 12.5. The number of ether oxygens (including phenoxy) is 2. The predicted molar refractivity (Wildman–Crippen MR) is 155 cm³/mol. The van der Waals surface area contributed by atoms with E-state index in [0.717, 1.165) is 28.8 Å². The van der Waals surface area contributed by atoms with E-state index in [1.807, 2.05) is 36.4 Å². The van der Waals surface area contributed by atoms with Crippen LogP contribution in [-0.2, 0) is 24.2 Å². The summed E-state index contributed by atoms with van der Waals surface area (Å²) in [4.78, 5) is 13.3. The van der Waals surface area contributed by atoms with Crippen LogP contribution >= 0.6 is 35.0 Å². The van der Waals surface area contributed by atoms with E-state index >= 15 is 0 Å². The summed E-state index contributed by atoms with van der Waals surface area (Å²) in [5.41, 5.74) is 4.58. The molecular formula is C29H28Cl2N2O3S. The summed E-state index contributed by atoms with van der Waals surface area (Å²) in [6.07, 6.45) is 5.22. The molecule has 1 amide bonds. The Balaban J connectivity index is 1.53. The standard InChI is InChI=1S/C29H28Cl2N2O3S/c1-4-6-21-13-20(15-25(35-3)27(21)36-17-19-9-12-23(30)24(31)14-19)16-26-28(34)33-29(37-26)32-22-10-7-18(5-2)8-11-22/h4,7-16,29,32H,1,5-6,17H2,2-3H3,(H,33,34)/b26-16-/t29-/m1/s1. The number of carbonyl (C=O) groups is 1. The summed E-state index contributed by atoms with van der Waals surface area (Å²) < 4.78 is 11.8. The quantitative estimate of drug-likeness (QED) is 0.201. The summed E-state index contributed by atoms with van der Waals surface area (Å²) in [5.74, 6) is 1.06. The minimum atomic E-state index is -0.255. The van der Waals surface area contributed by atoms with Gasteiger partial charge in [-0.05, 0) is 72.0 Å². The molecule has 1 heterocycles. The molecule has 192 valence electrons. The Hall–Kier alpha value is -3.06. The van der Waals surface area contributed by atoms with Gasteiger partial charge in [0.1, 0.15) is 6.61 Å². The van der Waals surface area contributed by atoms with Crippen LogP contribution in [0.4, 0.5) is 5.69 Å². The molecule has 37 heavy (non-hydrogen) atoms. The number of allylic oxidation sites excluding steroid dienone is 1. The van der Waals surface area contributed by atoms with Crippen LogP contribution in [0.3, 0.4) is 0 Å². The van der Waals surface area contributed by atoms with Gasteiger partial charge in [-0.3, -0.25) is 4.79 Å². The van der Waals surface area contributed by atoms with Crippen molar-refractivity contribution in [3.05, 3.63) is 104 Å². The normalized spacial score (nSPS) is 15.9. The van der Waals surface area contributed by atoms with Crippen molar-refractivity contribution in [1.29, 1.82) is 0 Å². The number of anilines is 1. The van der Waals surface area contributed by atoms with Crippen molar-refractivity contribution in [1.82, 2.24) is 5.32 Å². The van der Waals surface area contributed by atoms with Crippen LogP contribution < -0.4 is 20.1 Å². The van der Waals surface area contributed by atoms with Gasteiger partial charge in [-0.15, -0.1) is 6.58 Å². The second-order valence-electron chi connectivity index (χ2n) is 8.42. The lowest BCUT2D eigenvalue weighted by atomic mass is 10.0. The maximum Gasteiger partial charge on any atom is 0.260 e. The number of rotatable bonds is 10. The summed E-state index contributed by atoms with van der Waals surface area (Å²) in [5, 5.41) is 7.30. The number of halogens is 2. The summed E-state index contributed by atoms with van der Waals surface area (Å²) in [7, 11) is 1.59. The number of aryl methyl sites for hydroxylation is 1. The molecule has 2 N–H and O–H groups in total. The third-order valence-corrected chi connectivity index (χ3v) is 7.56. The van der Waals surface area contributed by atoms with Gasteiger partial charge in [-0.2, -0.15) is 0 Å². The number of hydrogen-bond donors (Lipinski definition) is 2. The van der Waals surface area contributed by atoms with Crippen molar-refractivity contribution < 1.29 is 14.3 Å².